The molecule has 4 rings (SSSR count). The fraction of sp³-hybridized carbons (Fsp3) is 0.429. The lowest BCUT2D eigenvalue weighted by atomic mass is 9.89. The molecule has 1 aliphatic rings. The summed E-state index contributed by atoms with van der Waals surface area (Å²) in [5.74, 6) is 0.347. The molecular formula is C21H24N4O2S. The minimum absolute atomic E-state index is 0.222. The summed E-state index contributed by atoms with van der Waals surface area (Å²) in [7, 11) is 0. The highest BCUT2D eigenvalue weighted by Crippen LogP contribution is 2.35. The average molecular weight is 397 g/mol. The minimum atomic E-state index is -0.748. The first-order valence-corrected chi connectivity index (χ1v) is 10.4. The summed E-state index contributed by atoms with van der Waals surface area (Å²) in [4.78, 5) is 27.9. The number of hydrogen-bond acceptors (Lipinski definition) is 5. The molecule has 1 aromatic carbocycles. The number of aromatic nitrogens is 3. The van der Waals surface area contributed by atoms with Crippen LogP contribution >= 0.6 is 11.3 Å². The number of anilines is 1. The molecule has 0 fully saturated rings. The quantitative estimate of drug-likeness (QED) is 0.731. The van der Waals surface area contributed by atoms with Crippen LogP contribution in [0.5, 0.6) is 0 Å². The van der Waals surface area contributed by atoms with Crippen LogP contribution in [-0.4, -0.2) is 20.9 Å². The van der Waals surface area contributed by atoms with Gasteiger partial charge in [0, 0.05) is 10.6 Å². The van der Waals surface area contributed by atoms with Crippen molar-refractivity contribution in [1.82, 2.24) is 15.0 Å². The third kappa shape index (κ3) is 3.13. The van der Waals surface area contributed by atoms with Crippen LogP contribution < -0.4 is 10.9 Å². The number of benzene rings is 1. The Morgan fingerprint density at radius 3 is 2.93 bits per heavy atom. The van der Waals surface area contributed by atoms with Crippen LogP contribution in [0.25, 0.3) is 10.2 Å². The van der Waals surface area contributed by atoms with Gasteiger partial charge in [0.1, 0.15) is 6.04 Å². The number of nitrogens with zero attached hydrogens (tertiary/aromatic N) is 3. The highest BCUT2D eigenvalue weighted by Gasteiger charge is 2.26. The highest BCUT2D eigenvalue weighted by atomic mass is 32.1. The van der Waals surface area contributed by atoms with Crippen molar-refractivity contribution in [3.63, 3.8) is 0 Å². The first-order valence-electron chi connectivity index (χ1n) is 9.63. The summed E-state index contributed by atoms with van der Waals surface area (Å²) in [6.07, 6.45) is 2.95. The molecule has 0 saturated heterocycles. The van der Waals surface area contributed by atoms with E-state index < -0.39 is 6.04 Å². The minimum Gasteiger partial charge on any atom is -0.324 e. The number of amides is 1. The Bertz CT molecular complexity index is 1130. The predicted molar refractivity (Wildman–Crippen MR) is 112 cm³/mol. The van der Waals surface area contributed by atoms with Gasteiger partial charge >= 0.3 is 0 Å². The maximum atomic E-state index is 13.1. The third-order valence-electron chi connectivity index (χ3n) is 5.76. The summed E-state index contributed by atoms with van der Waals surface area (Å²) >= 11 is 1.57. The van der Waals surface area contributed by atoms with Gasteiger partial charge in [-0.1, -0.05) is 24.3 Å². The van der Waals surface area contributed by atoms with E-state index in [4.69, 9.17) is 0 Å². The number of rotatable bonds is 3. The van der Waals surface area contributed by atoms with Crippen molar-refractivity contribution in [2.24, 2.45) is 5.92 Å². The van der Waals surface area contributed by atoms with E-state index in [1.54, 1.807) is 18.3 Å². The Morgan fingerprint density at radius 2 is 2.14 bits per heavy atom. The molecule has 0 spiro atoms. The summed E-state index contributed by atoms with van der Waals surface area (Å²) in [6.45, 7) is 7.88. The Hall–Kier alpha value is -2.54. The van der Waals surface area contributed by atoms with Gasteiger partial charge in [-0.15, -0.1) is 16.4 Å². The molecule has 0 bridgehead atoms. The third-order valence-corrected chi connectivity index (χ3v) is 6.89. The van der Waals surface area contributed by atoms with E-state index in [2.05, 4.69) is 22.6 Å². The zero-order chi connectivity index (χ0) is 20.0. The Balaban J connectivity index is 1.68. The van der Waals surface area contributed by atoms with E-state index in [-0.39, 0.29) is 11.5 Å². The monoisotopic (exact) mass is 396 g/mol. The summed E-state index contributed by atoms with van der Waals surface area (Å²) in [5.41, 5.74) is 3.75. The predicted octanol–water partition coefficient (Wildman–Crippen LogP) is 3.79. The van der Waals surface area contributed by atoms with Crippen LogP contribution in [0.15, 0.2) is 23.0 Å². The fourth-order valence-corrected chi connectivity index (χ4v) is 5.08. The van der Waals surface area contributed by atoms with Crippen LogP contribution in [0.1, 0.15) is 47.9 Å². The van der Waals surface area contributed by atoms with E-state index >= 15 is 0 Å². The van der Waals surface area contributed by atoms with Gasteiger partial charge in [0.2, 0.25) is 5.91 Å². The number of fused-ring (bicyclic) bond motifs is 3. The molecular weight excluding hydrogens is 372 g/mol. The summed E-state index contributed by atoms with van der Waals surface area (Å²) in [5, 5.41) is 11.9. The molecule has 3 aromatic rings. The number of nitrogens with one attached hydrogen (secondary N) is 1. The number of hydrogen-bond donors (Lipinski definition) is 1. The van der Waals surface area contributed by atoms with Crippen LogP contribution in [0.4, 0.5) is 5.69 Å². The largest absolute Gasteiger partial charge is 0.324 e. The smallest absolute Gasteiger partial charge is 0.279 e. The lowest BCUT2D eigenvalue weighted by Crippen LogP contribution is -2.34. The second kappa shape index (κ2) is 7.13. The molecule has 7 heteroatoms. The van der Waals surface area contributed by atoms with Crippen molar-refractivity contribution < 1.29 is 4.79 Å². The Morgan fingerprint density at radius 1 is 1.36 bits per heavy atom. The molecule has 1 N–H and O–H groups in total. The van der Waals surface area contributed by atoms with E-state index in [9.17, 15) is 9.59 Å². The van der Waals surface area contributed by atoms with Crippen LogP contribution in [-0.2, 0) is 17.6 Å². The van der Waals surface area contributed by atoms with E-state index in [0.717, 1.165) is 41.6 Å². The average Bonchev–Trinajstić information content (AvgIpc) is 3.03. The number of carbonyl (C=O) groups is 1. The molecule has 2 heterocycles. The van der Waals surface area contributed by atoms with E-state index in [0.29, 0.717) is 16.1 Å². The van der Waals surface area contributed by atoms with E-state index in [1.807, 2.05) is 32.0 Å². The molecule has 146 valence electrons. The number of thiophene rings is 1. The van der Waals surface area contributed by atoms with Crippen LogP contribution in [0.3, 0.4) is 0 Å². The van der Waals surface area contributed by atoms with Gasteiger partial charge in [0.05, 0.1) is 5.39 Å². The molecule has 1 aliphatic carbocycles. The van der Waals surface area contributed by atoms with Crippen molar-refractivity contribution in [3.8, 4) is 0 Å². The molecule has 2 aromatic heterocycles. The Kier molecular flexibility index (Phi) is 4.79. The number of carbonyl (C=O) groups excluding carboxylic acids is 1. The van der Waals surface area contributed by atoms with Gasteiger partial charge in [-0.3, -0.25) is 9.59 Å². The topological polar surface area (TPSA) is 76.9 Å². The zero-order valence-electron chi connectivity index (χ0n) is 16.6. The lowest BCUT2D eigenvalue weighted by Gasteiger charge is -2.18. The molecule has 6 nitrogen and oxygen atoms in total. The number of aryl methyl sites for hydroxylation is 2. The van der Waals surface area contributed by atoms with Gasteiger partial charge < -0.3 is 5.32 Å². The fourth-order valence-electron chi connectivity index (χ4n) is 3.76. The normalized spacial score (nSPS) is 17.4. The maximum absolute atomic E-state index is 13.1. The van der Waals surface area contributed by atoms with Crippen molar-refractivity contribution in [1.29, 1.82) is 0 Å². The molecule has 1 amide bonds. The highest BCUT2D eigenvalue weighted by molar-refractivity contribution is 7.18. The SMILES string of the molecule is Cc1cccc(NC(=O)C(C)n2nnc3sc4c(c3c2=O)CCC(C)C4)c1C. The van der Waals surface area contributed by atoms with Gasteiger partial charge in [-0.2, -0.15) is 4.68 Å². The lowest BCUT2D eigenvalue weighted by molar-refractivity contribution is -0.119. The molecule has 0 saturated carbocycles. The standard InChI is InChI=1S/C21H24N4O2S/c1-11-8-9-15-17(10-11)28-20-18(15)21(27)25(24-23-20)14(4)19(26)22-16-7-5-6-12(2)13(16)3/h5-7,11,14H,8-10H2,1-4H3,(H,22,26). The van der Waals surface area contributed by atoms with Crippen LogP contribution in [0, 0.1) is 19.8 Å². The second-order valence-electron chi connectivity index (χ2n) is 7.78. The Labute approximate surface area is 167 Å². The summed E-state index contributed by atoms with van der Waals surface area (Å²) < 4.78 is 1.22. The second-order valence-corrected chi connectivity index (χ2v) is 8.87. The first kappa shape index (κ1) is 18.8. The first-order chi connectivity index (χ1) is 13.4. The molecule has 0 aliphatic heterocycles. The van der Waals surface area contributed by atoms with Crippen molar-refractivity contribution >= 4 is 33.1 Å². The maximum Gasteiger partial charge on any atom is 0.279 e. The molecule has 2 unspecified atom stereocenters. The zero-order valence-corrected chi connectivity index (χ0v) is 17.4. The van der Waals surface area contributed by atoms with Crippen molar-refractivity contribution in [3.05, 3.63) is 50.1 Å². The van der Waals surface area contributed by atoms with Gasteiger partial charge in [-0.05, 0) is 68.7 Å². The van der Waals surface area contributed by atoms with Crippen LogP contribution in [0.2, 0.25) is 0 Å². The molecule has 28 heavy (non-hydrogen) atoms. The van der Waals surface area contributed by atoms with E-state index in [1.165, 1.54) is 9.56 Å². The van der Waals surface area contributed by atoms with Gasteiger partial charge in [-0.25, -0.2) is 0 Å². The van der Waals surface area contributed by atoms with Gasteiger partial charge in [0.15, 0.2) is 4.83 Å². The van der Waals surface area contributed by atoms with Crippen molar-refractivity contribution in [2.45, 2.75) is 53.0 Å². The molecule has 2 atom stereocenters. The van der Waals surface area contributed by atoms with Crippen molar-refractivity contribution in [2.75, 3.05) is 5.32 Å². The van der Waals surface area contributed by atoms with Gasteiger partial charge in [0.25, 0.3) is 5.56 Å². The summed E-state index contributed by atoms with van der Waals surface area (Å²) in [6, 6.07) is 5.02. The molecule has 0 radical (unpaired) electrons.